The number of ketones is 2. The minimum Gasteiger partial charge on any atom is -0.483 e. The quantitative estimate of drug-likeness (QED) is 0.459. The number of benzene rings is 2. The molecule has 0 saturated heterocycles. The number of ether oxygens (including phenoxy) is 2. The van der Waals surface area contributed by atoms with Crippen LogP contribution in [0.4, 0.5) is 5.69 Å². The molecule has 1 N–H and O–H groups in total. The lowest BCUT2D eigenvalue weighted by atomic mass is 9.65. The number of rotatable bonds is 5. The number of anilines is 1. The van der Waals surface area contributed by atoms with Crippen LogP contribution >= 0.6 is 11.6 Å². The molecule has 198 valence electrons. The average Bonchev–Trinajstić information content (AvgIpc) is 2.81. The Morgan fingerprint density at radius 2 is 1.45 bits per heavy atom. The van der Waals surface area contributed by atoms with Gasteiger partial charge in [0.1, 0.15) is 17.3 Å². The van der Waals surface area contributed by atoms with E-state index in [0.29, 0.717) is 70.4 Å². The second-order valence-corrected chi connectivity index (χ2v) is 12.4. The Kier molecular flexibility index (Phi) is 6.72. The van der Waals surface area contributed by atoms with Gasteiger partial charge in [-0.3, -0.25) is 14.4 Å². The van der Waals surface area contributed by atoms with Gasteiger partial charge in [0.25, 0.3) is 5.91 Å². The topological polar surface area (TPSA) is 81.7 Å². The third kappa shape index (κ3) is 5.28. The van der Waals surface area contributed by atoms with E-state index in [2.05, 4.69) is 33.0 Å². The molecule has 0 aromatic heterocycles. The maximum Gasteiger partial charge on any atom is 0.262 e. The van der Waals surface area contributed by atoms with Crippen molar-refractivity contribution in [3.05, 3.63) is 81.8 Å². The van der Waals surface area contributed by atoms with Gasteiger partial charge in [0.05, 0.1) is 5.92 Å². The highest BCUT2D eigenvalue weighted by Crippen LogP contribution is 2.54. The third-order valence-electron chi connectivity index (χ3n) is 7.30. The van der Waals surface area contributed by atoms with E-state index in [9.17, 15) is 14.4 Å². The molecule has 1 heterocycles. The number of halogens is 1. The van der Waals surface area contributed by atoms with E-state index >= 15 is 0 Å². The van der Waals surface area contributed by atoms with Gasteiger partial charge in [-0.2, -0.15) is 0 Å². The van der Waals surface area contributed by atoms with Crippen LogP contribution in [0, 0.1) is 10.8 Å². The molecule has 0 unspecified atom stereocenters. The van der Waals surface area contributed by atoms with Crippen molar-refractivity contribution in [2.24, 2.45) is 10.8 Å². The first kappa shape index (κ1) is 26.2. The van der Waals surface area contributed by atoms with Crippen molar-refractivity contribution < 1.29 is 23.9 Å². The van der Waals surface area contributed by atoms with E-state index in [1.807, 2.05) is 18.2 Å². The Labute approximate surface area is 228 Å². The lowest BCUT2D eigenvalue weighted by Gasteiger charge is -2.43. The zero-order chi connectivity index (χ0) is 27.2. The van der Waals surface area contributed by atoms with Crippen LogP contribution in [0.2, 0.25) is 5.02 Å². The Morgan fingerprint density at radius 1 is 0.895 bits per heavy atom. The smallest absolute Gasteiger partial charge is 0.262 e. The predicted octanol–water partition coefficient (Wildman–Crippen LogP) is 6.76. The van der Waals surface area contributed by atoms with Crippen LogP contribution in [-0.2, 0) is 19.1 Å². The third-order valence-corrected chi connectivity index (χ3v) is 7.55. The molecule has 0 fully saturated rings. The fourth-order valence-electron chi connectivity index (χ4n) is 5.71. The normalized spacial score (nSPS) is 20.4. The summed E-state index contributed by atoms with van der Waals surface area (Å²) >= 11 is 5.93. The standard InChI is InChI=1S/C31H32ClNO5/c1-30(2)13-21(34)28-24(15-30)38-25-16-31(3,4)14-22(35)29(25)27(28)20-7-5-6-8-23(20)37-17-26(36)33-19-11-9-18(32)10-12-19/h5-12,27H,13-17H2,1-4H3,(H,33,36). The van der Waals surface area contributed by atoms with Gasteiger partial charge in [-0.05, 0) is 41.2 Å². The van der Waals surface area contributed by atoms with Crippen molar-refractivity contribution in [1.29, 1.82) is 0 Å². The second kappa shape index (κ2) is 9.73. The number of Topliss-reactive ketones (excluding diaryl/α,β-unsaturated/α-hetero) is 2. The molecule has 0 spiro atoms. The molecule has 38 heavy (non-hydrogen) atoms. The highest BCUT2D eigenvalue weighted by atomic mass is 35.5. The minimum atomic E-state index is -0.587. The van der Waals surface area contributed by atoms with Crippen molar-refractivity contribution in [1.82, 2.24) is 0 Å². The molecule has 0 radical (unpaired) electrons. The minimum absolute atomic E-state index is 0.0132. The molecule has 0 atom stereocenters. The molecule has 2 aromatic rings. The molecule has 1 aliphatic heterocycles. The number of carbonyl (C=O) groups excluding carboxylic acids is 3. The maximum absolute atomic E-state index is 13.6. The summed E-state index contributed by atoms with van der Waals surface area (Å²) in [6, 6.07) is 14.1. The van der Waals surface area contributed by atoms with Crippen molar-refractivity contribution in [2.75, 3.05) is 11.9 Å². The van der Waals surface area contributed by atoms with Crippen LogP contribution in [0.15, 0.2) is 71.2 Å². The van der Waals surface area contributed by atoms with E-state index in [0.717, 1.165) is 0 Å². The van der Waals surface area contributed by atoms with E-state index < -0.39 is 5.92 Å². The van der Waals surface area contributed by atoms with Gasteiger partial charge in [0.2, 0.25) is 0 Å². The first-order valence-electron chi connectivity index (χ1n) is 12.9. The van der Waals surface area contributed by atoms with Gasteiger partial charge in [0.15, 0.2) is 18.2 Å². The number of amides is 1. The highest BCUT2D eigenvalue weighted by molar-refractivity contribution is 6.30. The van der Waals surface area contributed by atoms with Gasteiger partial charge in [-0.25, -0.2) is 0 Å². The van der Waals surface area contributed by atoms with Crippen LogP contribution in [-0.4, -0.2) is 24.1 Å². The van der Waals surface area contributed by atoms with Crippen LogP contribution in [0.3, 0.4) is 0 Å². The maximum atomic E-state index is 13.6. The molecule has 5 rings (SSSR count). The fourth-order valence-corrected chi connectivity index (χ4v) is 5.84. The first-order valence-corrected chi connectivity index (χ1v) is 13.3. The summed E-state index contributed by atoms with van der Waals surface area (Å²) in [5.41, 5.74) is 1.91. The fraction of sp³-hybridized carbons (Fsp3) is 0.387. The largest absolute Gasteiger partial charge is 0.483 e. The molecular weight excluding hydrogens is 502 g/mol. The molecular formula is C31H32ClNO5. The van der Waals surface area contributed by atoms with Crippen molar-refractivity contribution >= 4 is 34.8 Å². The van der Waals surface area contributed by atoms with Gasteiger partial charge in [-0.1, -0.05) is 57.5 Å². The zero-order valence-electron chi connectivity index (χ0n) is 22.2. The van der Waals surface area contributed by atoms with Gasteiger partial charge < -0.3 is 14.8 Å². The Bertz CT molecular complexity index is 1330. The number of hydrogen-bond donors (Lipinski definition) is 1. The van der Waals surface area contributed by atoms with Crippen molar-refractivity contribution in [3.8, 4) is 5.75 Å². The molecule has 2 aromatic carbocycles. The molecule has 1 amide bonds. The van der Waals surface area contributed by atoms with Gasteiger partial charge in [0, 0.05) is 53.1 Å². The summed E-state index contributed by atoms with van der Waals surface area (Å²) in [5.74, 6) is 0.809. The summed E-state index contributed by atoms with van der Waals surface area (Å²) in [7, 11) is 0. The average molecular weight is 534 g/mol. The van der Waals surface area contributed by atoms with Crippen molar-refractivity contribution in [2.45, 2.75) is 59.3 Å². The molecule has 7 heteroatoms. The Hall–Kier alpha value is -3.38. The molecule has 0 saturated carbocycles. The van der Waals surface area contributed by atoms with Gasteiger partial charge in [-0.15, -0.1) is 0 Å². The summed E-state index contributed by atoms with van der Waals surface area (Å²) in [4.78, 5) is 39.8. The lowest BCUT2D eigenvalue weighted by Crippen LogP contribution is -2.37. The van der Waals surface area contributed by atoms with E-state index in [1.54, 1.807) is 30.3 Å². The van der Waals surface area contributed by atoms with Crippen LogP contribution in [0.1, 0.15) is 64.9 Å². The first-order chi connectivity index (χ1) is 17.9. The lowest BCUT2D eigenvalue weighted by molar-refractivity contribution is -0.121. The number of carbonyl (C=O) groups is 3. The Morgan fingerprint density at radius 3 is 2.03 bits per heavy atom. The summed E-state index contributed by atoms with van der Waals surface area (Å²) in [6.07, 6.45) is 1.98. The highest BCUT2D eigenvalue weighted by Gasteiger charge is 2.48. The number of nitrogens with one attached hydrogen (secondary N) is 1. The monoisotopic (exact) mass is 533 g/mol. The predicted molar refractivity (Wildman–Crippen MR) is 146 cm³/mol. The summed E-state index contributed by atoms with van der Waals surface area (Å²) in [6.45, 7) is 8.00. The summed E-state index contributed by atoms with van der Waals surface area (Å²) < 4.78 is 12.4. The zero-order valence-corrected chi connectivity index (χ0v) is 22.9. The van der Waals surface area contributed by atoms with Crippen LogP contribution in [0.25, 0.3) is 0 Å². The molecule has 0 bridgehead atoms. The molecule has 6 nitrogen and oxygen atoms in total. The number of hydrogen-bond acceptors (Lipinski definition) is 5. The summed E-state index contributed by atoms with van der Waals surface area (Å²) in [5, 5.41) is 3.37. The van der Waals surface area contributed by atoms with E-state index in [-0.39, 0.29) is 34.9 Å². The van der Waals surface area contributed by atoms with Gasteiger partial charge >= 0.3 is 0 Å². The molecule has 2 aliphatic carbocycles. The van der Waals surface area contributed by atoms with Crippen molar-refractivity contribution in [3.63, 3.8) is 0 Å². The van der Waals surface area contributed by atoms with E-state index in [4.69, 9.17) is 21.1 Å². The SMILES string of the molecule is CC1(C)CC(=O)C2=C(C1)OC1=C(C(=O)CC(C)(C)C1)C2c1ccccc1OCC(=O)Nc1ccc(Cl)cc1. The Balaban J connectivity index is 1.50. The second-order valence-electron chi connectivity index (χ2n) is 12.0. The number of para-hydroxylation sites is 1. The number of allylic oxidation sites excluding steroid dienone is 4. The van der Waals surface area contributed by atoms with E-state index in [1.165, 1.54) is 0 Å². The van der Waals surface area contributed by atoms with Crippen LogP contribution < -0.4 is 10.1 Å². The van der Waals surface area contributed by atoms with Crippen LogP contribution in [0.5, 0.6) is 5.75 Å². The molecule has 3 aliphatic rings.